The van der Waals surface area contributed by atoms with E-state index in [0.29, 0.717) is 43.6 Å². The van der Waals surface area contributed by atoms with Crippen LogP contribution in [0.3, 0.4) is 0 Å². The molecular formula is C27H26ClFN8O3. The molecule has 206 valence electrons. The molecule has 5 rings (SSSR count). The van der Waals surface area contributed by atoms with E-state index in [9.17, 15) is 14.3 Å². The van der Waals surface area contributed by atoms with Gasteiger partial charge in [-0.25, -0.2) is 14.4 Å². The van der Waals surface area contributed by atoms with E-state index in [1.807, 2.05) is 18.2 Å². The number of amides is 1. The van der Waals surface area contributed by atoms with E-state index in [0.717, 1.165) is 23.1 Å². The Morgan fingerprint density at radius 2 is 1.88 bits per heavy atom. The van der Waals surface area contributed by atoms with Gasteiger partial charge in [-0.1, -0.05) is 17.7 Å². The third-order valence-electron chi connectivity index (χ3n) is 5.91. The van der Waals surface area contributed by atoms with Crippen LogP contribution >= 0.6 is 11.6 Å². The molecule has 1 fully saturated rings. The minimum Gasteiger partial charge on any atom is -0.508 e. The molecule has 0 atom stereocenters. The van der Waals surface area contributed by atoms with Crippen molar-refractivity contribution in [2.45, 2.75) is 6.54 Å². The van der Waals surface area contributed by atoms with Crippen molar-refractivity contribution in [1.29, 1.82) is 0 Å². The normalized spacial score (nSPS) is 13.0. The molecule has 4 aromatic rings. The number of nitrogens with zero attached hydrogens (tertiary/aromatic N) is 4. The fraction of sp³-hybridized carbons (Fsp3) is 0.185. The van der Waals surface area contributed by atoms with Gasteiger partial charge in [0.1, 0.15) is 11.4 Å². The van der Waals surface area contributed by atoms with E-state index >= 15 is 0 Å². The van der Waals surface area contributed by atoms with Crippen molar-refractivity contribution in [1.82, 2.24) is 20.4 Å². The molecule has 1 aliphatic rings. The summed E-state index contributed by atoms with van der Waals surface area (Å²) in [6, 6.07) is 15.7. The number of phenols is 1. The van der Waals surface area contributed by atoms with Gasteiger partial charge in [0, 0.05) is 42.1 Å². The molecule has 40 heavy (non-hydrogen) atoms. The molecule has 1 aliphatic heterocycles. The van der Waals surface area contributed by atoms with Crippen LogP contribution < -0.4 is 26.4 Å². The number of aromatic nitrogens is 3. The van der Waals surface area contributed by atoms with Gasteiger partial charge >= 0.3 is 0 Å². The van der Waals surface area contributed by atoms with Gasteiger partial charge in [0.05, 0.1) is 31.3 Å². The van der Waals surface area contributed by atoms with Crippen LogP contribution in [0.25, 0.3) is 0 Å². The first-order valence-corrected chi connectivity index (χ1v) is 12.8. The van der Waals surface area contributed by atoms with Crippen LogP contribution in [0.1, 0.15) is 16.1 Å². The smallest absolute Gasteiger partial charge is 0.288 e. The minimum atomic E-state index is -0.553. The number of hydrogen-bond acceptors (Lipinski definition) is 10. The topological polar surface area (TPSA) is 137 Å². The van der Waals surface area contributed by atoms with E-state index in [-0.39, 0.29) is 23.2 Å². The third-order valence-corrected chi connectivity index (χ3v) is 6.13. The van der Waals surface area contributed by atoms with Crippen LogP contribution in [0.15, 0.2) is 67.0 Å². The summed E-state index contributed by atoms with van der Waals surface area (Å²) in [6.45, 7) is 2.48. The first-order chi connectivity index (χ1) is 19.4. The van der Waals surface area contributed by atoms with Crippen LogP contribution in [0.5, 0.6) is 5.75 Å². The van der Waals surface area contributed by atoms with Gasteiger partial charge < -0.3 is 25.4 Å². The lowest BCUT2D eigenvalue weighted by molar-refractivity contribution is 0.0957. The Morgan fingerprint density at radius 1 is 1.02 bits per heavy atom. The quantitative estimate of drug-likeness (QED) is 0.187. The predicted octanol–water partition coefficient (Wildman–Crippen LogP) is 4.32. The molecule has 2 aromatic carbocycles. The summed E-state index contributed by atoms with van der Waals surface area (Å²) < 4.78 is 19.5. The molecule has 0 aliphatic carbocycles. The van der Waals surface area contributed by atoms with Gasteiger partial charge in [-0.15, -0.1) is 0 Å². The SMILES string of the molecule is O=C(NNc1ncc(F)c(N2CCOCC2)n1)c1ccc(Nc2cc(Cl)cc(CNc3cccc(O)c3)c2)cn1. The minimum absolute atomic E-state index is 0.0462. The standard InChI is InChI=1S/C27H26ClFN8O3/c28-18-10-17(14-30-19-2-1-3-22(38)13-19)11-21(12-18)33-20-4-5-24(31-15-20)26(39)35-36-27-32-16-23(29)25(34-27)37-6-8-40-9-7-37/h1-5,10-13,15-16,30,33,38H,6-9,14H2,(H,35,39)(H,32,34,36). The molecule has 0 saturated carbocycles. The number of carbonyl (C=O) groups excluding carboxylic acids is 1. The number of carbonyl (C=O) groups is 1. The molecule has 1 amide bonds. The molecule has 3 heterocycles. The number of anilines is 5. The number of benzene rings is 2. The fourth-order valence-electron chi connectivity index (χ4n) is 4.01. The van der Waals surface area contributed by atoms with Crippen LogP contribution in [0.4, 0.5) is 33.2 Å². The number of aromatic hydroxyl groups is 1. The second-order valence-corrected chi connectivity index (χ2v) is 9.29. The monoisotopic (exact) mass is 564 g/mol. The summed E-state index contributed by atoms with van der Waals surface area (Å²) in [5.74, 6) is -0.702. The largest absolute Gasteiger partial charge is 0.508 e. The second-order valence-electron chi connectivity index (χ2n) is 8.85. The molecule has 0 spiro atoms. The number of pyridine rings is 1. The zero-order valence-corrected chi connectivity index (χ0v) is 22.0. The number of halogens is 2. The maximum absolute atomic E-state index is 14.2. The van der Waals surface area contributed by atoms with Gasteiger partial charge in [-0.05, 0) is 48.0 Å². The highest BCUT2D eigenvalue weighted by Crippen LogP contribution is 2.24. The molecule has 5 N–H and O–H groups in total. The van der Waals surface area contributed by atoms with Crippen LogP contribution in [-0.4, -0.2) is 52.3 Å². The summed E-state index contributed by atoms with van der Waals surface area (Å²) >= 11 is 6.32. The zero-order valence-electron chi connectivity index (χ0n) is 21.2. The average molecular weight is 565 g/mol. The second kappa shape index (κ2) is 12.5. The number of phenolic OH excluding ortho intramolecular Hbond substituents is 1. The van der Waals surface area contributed by atoms with E-state index < -0.39 is 11.7 Å². The van der Waals surface area contributed by atoms with Crippen molar-refractivity contribution in [2.75, 3.05) is 47.3 Å². The average Bonchev–Trinajstić information content (AvgIpc) is 2.96. The molecule has 2 aromatic heterocycles. The molecule has 0 unspecified atom stereocenters. The molecule has 0 radical (unpaired) electrons. The number of nitrogens with one attached hydrogen (secondary N) is 4. The van der Waals surface area contributed by atoms with E-state index in [2.05, 4.69) is 36.4 Å². The molecular weight excluding hydrogens is 539 g/mol. The summed E-state index contributed by atoms with van der Waals surface area (Å²) in [7, 11) is 0. The first-order valence-electron chi connectivity index (χ1n) is 12.4. The van der Waals surface area contributed by atoms with E-state index in [1.165, 1.54) is 6.20 Å². The van der Waals surface area contributed by atoms with Crippen LogP contribution in [0.2, 0.25) is 5.02 Å². The van der Waals surface area contributed by atoms with Crippen LogP contribution in [-0.2, 0) is 11.3 Å². The number of rotatable bonds is 9. The lowest BCUT2D eigenvalue weighted by atomic mass is 10.2. The Kier molecular flexibility index (Phi) is 8.38. The highest BCUT2D eigenvalue weighted by Gasteiger charge is 2.18. The van der Waals surface area contributed by atoms with Gasteiger partial charge in [0.2, 0.25) is 5.95 Å². The fourth-order valence-corrected chi connectivity index (χ4v) is 4.26. The van der Waals surface area contributed by atoms with Crippen molar-refractivity contribution in [3.05, 3.63) is 89.1 Å². The Hall–Kier alpha value is -4.68. The summed E-state index contributed by atoms with van der Waals surface area (Å²) in [4.78, 5) is 26.6. The van der Waals surface area contributed by atoms with Gasteiger partial charge in [0.15, 0.2) is 11.6 Å². The predicted molar refractivity (Wildman–Crippen MR) is 151 cm³/mol. The molecule has 1 saturated heterocycles. The molecule has 11 nitrogen and oxygen atoms in total. The van der Waals surface area contributed by atoms with E-state index in [4.69, 9.17) is 16.3 Å². The lowest BCUT2D eigenvalue weighted by Gasteiger charge is -2.28. The zero-order chi connectivity index (χ0) is 27.9. The van der Waals surface area contributed by atoms with Crippen molar-refractivity contribution in [3.8, 4) is 5.75 Å². The van der Waals surface area contributed by atoms with Crippen molar-refractivity contribution < 1.29 is 19.0 Å². The maximum atomic E-state index is 14.2. The van der Waals surface area contributed by atoms with Gasteiger partial charge in [-0.2, -0.15) is 4.98 Å². The van der Waals surface area contributed by atoms with Crippen molar-refractivity contribution in [2.24, 2.45) is 0 Å². The van der Waals surface area contributed by atoms with Crippen molar-refractivity contribution in [3.63, 3.8) is 0 Å². The van der Waals surface area contributed by atoms with Crippen LogP contribution in [0, 0.1) is 5.82 Å². The number of hydrazine groups is 1. The summed E-state index contributed by atoms with van der Waals surface area (Å²) in [5, 5.41) is 16.7. The Morgan fingerprint density at radius 3 is 2.65 bits per heavy atom. The number of morpholine rings is 1. The highest BCUT2D eigenvalue weighted by molar-refractivity contribution is 6.31. The molecule has 13 heteroatoms. The van der Waals surface area contributed by atoms with Crippen molar-refractivity contribution >= 4 is 46.3 Å². The first kappa shape index (κ1) is 26.9. The van der Waals surface area contributed by atoms with Gasteiger partial charge in [-0.3, -0.25) is 15.6 Å². The third kappa shape index (κ3) is 7.04. The lowest BCUT2D eigenvalue weighted by Crippen LogP contribution is -2.38. The Bertz CT molecular complexity index is 1490. The van der Waals surface area contributed by atoms with Gasteiger partial charge in [0.25, 0.3) is 5.91 Å². The maximum Gasteiger partial charge on any atom is 0.288 e. The summed E-state index contributed by atoms with van der Waals surface area (Å²) in [6.07, 6.45) is 2.57. The number of hydrogen-bond donors (Lipinski definition) is 5. The Balaban J connectivity index is 1.17. The van der Waals surface area contributed by atoms with E-state index in [1.54, 1.807) is 41.3 Å². The Labute approximate surface area is 234 Å². The highest BCUT2D eigenvalue weighted by atomic mass is 35.5. The number of ether oxygens (including phenoxy) is 1. The summed E-state index contributed by atoms with van der Waals surface area (Å²) in [5.41, 5.74) is 8.33. The molecule has 0 bridgehead atoms.